The minimum Gasteiger partial charge on any atom is -0.387 e. The number of ether oxygens (including phenoxy) is 1. The van der Waals surface area contributed by atoms with Gasteiger partial charge in [0.15, 0.2) is 11.9 Å². The summed E-state index contributed by atoms with van der Waals surface area (Å²) in [5, 5.41) is 21.2. The summed E-state index contributed by atoms with van der Waals surface area (Å²) < 4.78 is 37.7. The van der Waals surface area contributed by atoms with E-state index in [0.717, 1.165) is 5.56 Å². The summed E-state index contributed by atoms with van der Waals surface area (Å²) in [7, 11) is -10.6. The number of nitrogens with one attached hydrogen (secondary N) is 1. The van der Waals surface area contributed by atoms with Crippen molar-refractivity contribution in [1.29, 1.82) is 0 Å². The van der Waals surface area contributed by atoms with E-state index < -0.39 is 52.4 Å². The fraction of sp³-hybridized carbons (Fsp3) is 0.368. The Hall–Kier alpha value is -2.42. The van der Waals surface area contributed by atoms with Gasteiger partial charge in [-0.3, -0.25) is 14.3 Å². The molecule has 1 fully saturated rings. The van der Waals surface area contributed by atoms with E-state index in [4.69, 9.17) is 20.3 Å². The average molecular weight is 546 g/mol. The number of fused-ring (bicyclic) bond motifs is 1. The van der Waals surface area contributed by atoms with Gasteiger partial charge in [0.1, 0.15) is 18.3 Å². The molecule has 1 saturated heterocycles. The van der Waals surface area contributed by atoms with Gasteiger partial charge in [0.25, 0.3) is 5.56 Å². The standard InChI is InChI=1S/C19H24N4O11P2/c20-19-21-16-13(17(26)22-19)11(7-6-10-4-2-1-3-5-10)8-23(16)18-15(25)14(24)12(33-18)9-32-36(30,31)34-35(27,28)29/h1-5,8,12,14-15,18,24-25H,6-7,9H2,(H,30,31)(H2,27,28,29)(H3,20,21,22,26)/t12-,14-,15-,18-/m1/s1. The maximum Gasteiger partial charge on any atom is 0.481 e. The number of aliphatic hydroxyl groups is 2. The van der Waals surface area contributed by atoms with Crippen molar-refractivity contribution in [3.05, 3.63) is 58.0 Å². The Morgan fingerprint density at radius 3 is 2.47 bits per heavy atom. The van der Waals surface area contributed by atoms with Crippen LogP contribution in [0.5, 0.6) is 0 Å². The first-order valence-electron chi connectivity index (χ1n) is 10.5. The zero-order valence-corrected chi connectivity index (χ0v) is 20.2. The van der Waals surface area contributed by atoms with Crippen molar-refractivity contribution < 1.29 is 47.6 Å². The molecule has 1 aromatic carbocycles. The molecular weight excluding hydrogens is 522 g/mol. The Morgan fingerprint density at radius 1 is 1.11 bits per heavy atom. The smallest absolute Gasteiger partial charge is 0.387 e. The average Bonchev–Trinajstić information content (AvgIpc) is 3.27. The Bertz CT molecular complexity index is 1390. The summed E-state index contributed by atoms with van der Waals surface area (Å²) >= 11 is 0. The number of phosphoric acid groups is 2. The fourth-order valence-electron chi connectivity index (χ4n) is 3.98. The molecule has 1 aliphatic rings. The van der Waals surface area contributed by atoms with Gasteiger partial charge in [-0.2, -0.15) is 9.29 Å². The molecule has 8 N–H and O–H groups in total. The third-order valence-electron chi connectivity index (χ3n) is 5.53. The topological polar surface area (TPSA) is 240 Å². The molecule has 5 atom stereocenters. The van der Waals surface area contributed by atoms with Crippen LogP contribution in [0.15, 0.2) is 41.3 Å². The van der Waals surface area contributed by atoms with Gasteiger partial charge in [0.2, 0.25) is 5.95 Å². The van der Waals surface area contributed by atoms with Crippen LogP contribution in [0.1, 0.15) is 17.4 Å². The number of benzene rings is 1. The molecule has 0 aliphatic carbocycles. The number of aryl methyl sites for hydroxylation is 2. The minimum absolute atomic E-state index is 0.0785. The molecule has 0 saturated carbocycles. The fourth-order valence-corrected chi connectivity index (χ4v) is 5.58. The van der Waals surface area contributed by atoms with Crippen LogP contribution in [-0.2, 0) is 35.5 Å². The lowest BCUT2D eigenvalue weighted by Gasteiger charge is -2.18. The first-order valence-corrected chi connectivity index (χ1v) is 13.6. The highest BCUT2D eigenvalue weighted by Gasteiger charge is 2.46. The highest BCUT2D eigenvalue weighted by atomic mass is 31.3. The van der Waals surface area contributed by atoms with E-state index in [1.54, 1.807) is 0 Å². The minimum atomic E-state index is -5.35. The molecule has 17 heteroatoms. The van der Waals surface area contributed by atoms with E-state index >= 15 is 0 Å². The third kappa shape index (κ3) is 5.93. The summed E-state index contributed by atoms with van der Waals surface area (Å²) in [5.41, 5.74) is 6.87. The number of hydrogen-bond acceptors (Lipinski definition) is 10. The van der Waals surface area contributed by atoms with Crippen LogP contribution in [0, 0.1) is 0 Å². The highest BCUT2D eigenvalue weighted by molar-refractivity contribution is 7.60. The van der Waals surface area contributed by atoms with Crippen LogP contribution >= 0.6 is 15.6 Å². The van der Waals surface area contributed by atoms with Gasteiger partial charge < -0.3 is 39.9 Å². The molecule has 0 amide bonds. The number of hydrogen-bond donors (Lipinski definition) is 7. The van der Waals surface area contributed by atoms with Gasteiger partial charge in [-0.05, 0) is 24.0 Å². The quantitative estimate of drug-likeness (QED) is 0.174. The maximum atomic E-state index is 12.7. The van der Waals surface area contributed by atoms with Crippen molar-refractivity contribution in [3.8, 4) is 0 Å². The molecule has 0 radical (unpaired) electrons. The number of aromatic amines is 1. The molecule has 3 heterocycles. The van der Waals surface area contributed by atoms with E-state index in [9.17, 15) is 29.0 Å². The first kappa shape index (κ1) is 26.6. The van der Waals surface area contributed by atoms with Crippen molar-refractivity contribution >= 4 is 32.6 Å². The zero-order valence-electron chi connectivity index (χ0n) is 18.4. The molecular formula is C19H24N4O11P2. The van der Waals surface area contributed by atoms with Gasteiger partial charge in [-0.25, -0.2) is 9.13 Å². The van der Waals surface area contributed by atoms with Crippen LogP contribution in [-0.4, -0.2) is 64.3 Å². The number of rotatable bonds is 9. The second-order valence-corrected chi connectivity index (χ2v) is 10.9. The van der Waals surface area contributed by atoms with E-state index in [2.05, 4.69) is 18.8 Å². The number of aromatic nitrogens is 3. The molecule has 3 aromatic rings. The predicted molar refractivity (Wildman–Crippen MR) is 123 cm³/mol. The second kappa shape index (κ2) is 10.1. The van der Waals surface area contributed by atoms with Crippen molar-refractivity contribution in [2.75, 3.05) is 12.3 Å². The Kier molecular flexibility index (Phi) is 7.51. The van der Waals surface area contributed by atoms with Crippen molar-refractivity contribution in [2.24, 2.45) is 0 Å². The van der Waals surface area contributed by atoms with Crippen LogP contribution < -0.4 is 11.3 Å². The van der Waals surface area contributed by atoms with Gasteiger partial charge >= 0.3 is 15.6 Å². The van der Waals surface area contributed by atoms with Crippen molar-refractivity contribution in [3.63, 3.8) is 0 Å². The van der Waals surface area contributed by atoms with Gasteiger partial charge in [0, 0.05) is 6.20 Å². The van der Waals surface area contributed by atoms with Crippen molar-refractivity contribution in [1.82, 2.24) is 14.5 Å². The molecule has 1 unspecified atom stereocenters. The summed E-state index contributed by atoms with van der Waals surface area (Å²) in [5.74, 6) is -0.190. The van der Waals surface area contributed by atoms with E-state index in [-0.39, 0.29) is 17.0 Å². The summed E-state index contributed by atoms with van der Waals surface area (Å²) in [4.78, 5) is 46.1. The third-order valence-corrected chi connectivity index (χ3v) is 7.68. The molecule has 196 valence electrons. The Labute approximate surface area is 202 Å². The van der Waals surface area contributed by atoms with Gasteiger partial charge in [-0.1, -0.05) is 30.3 Å². The molecule has 2 aromatic heterocycles. The molecule has 0 spiro atoms. The summed E-state index contributed by atoms with van der Waals surface area (Å²) in [6.45, 7) is -0.862. The molecule has 1 aliphatic heterocycles. The Balaban J connectivity index is 1.60. The molecule has 36 heavy (non-hydrogen) atoms. The largest absolute Gasteiger partial charge is 0.481 e. The number of aliphatic hydroxyl groups excluding tert-OH is 2. The number of nitrogen functional groups attached to an aromatic ring is 1. The lowest BCUT2D eigenvalue weighted by molar-refractivity contribution is -0.0501. The van der Waals surface area contributed by atoms with Gasteiger partial charge in [-0.15, -0.1) is 0 Å². The lowest BCUT2D eigenvalue weighted by Crippen LogP contribution is -2.33. The highest BCUT2D eigenvalue weighted by Crippen LogP contribution is 2.57. The summed E-state index contributed by atoms with van der Waals surface area (Å²) in [6, 6.07) is 9.51. The number of nitrogens with two attached hydrogens (primary N) is 1. The van der Waals surface area contributed by atoms with E-state index in [0.29, 0.717) is 18.4 Å². The van der Waals surface area contributed by atoms with Crippen LogP contribution in [0.3, 0.4) is 0 Å². The normalized spacial score (nSPS) is 24.2. The van der Waals surface area contributed by atoms with Gasteiger partial charge in [0.05, 0.1) is 12.0 Å². The number of phosphoric ester groups is 1. The monoisotopic (exact) mass is 546 g/mol. The lowest BCUT2D eigenvalue weighted by atomic mass is 10.1. The second-order valence-electron chi connectivity index (χ2n) is 8.08. The summed E-state index contributed by atoms with van der Waals surface area (Å²) in [6.07, 6.45) is -3.41. The number of H-pyrrole nitrogens is 1. The molecule has 4 rings (SSSR count). The Morgan fingerprint density at radius 2 is 1.81 bits per heavy atom. The first-order chi connectivity index (χ1) is 16.8. The van der Waals surface area contributed by atoms with Crippen molar-refractivity contribution in [2.45, 2.75) is 37.4 Å². The maximum absolute atomic E-state index is 12.7. The van der Waals surface area contributed by atoms with Crippen LogP contribution in [0.25, 0.3) is 11.0 Å². The predicted octanol–water partition coefficient (Wildman–Crippen LogP) is -0.0625. The SMILES string of the molecule is Nc1nc2c(c(CCc3ccccc3)cn2[C@@H]2O[C@H](COP(=O)(O)OP(=O)(O)O)[C@@H](O)[C@H]2O)c(=O)[nH]1. The number of nitrogens with zero attached hydrogens (tertiary/aromatic N) is 2. The van der Waals surface area contributed by atoms with Crippen LogP contribution in [0.2, 0.25) is 0 Å². The van der Waals surface area contributed by atoms with E-state index in [1.165, 1.54) is 10.8 Å². The van der Waals surface area contributed by atoms with E-state index in [1.807, 2.05) is 30.3 Å². The number of anilines is 1. The molecule has 0 bridgehead atoms. The zero-order chi connectivity index (χ0) is 26.3. The molecule has 15 nitrogen and oxygen atoms in total. The van der Waals surface area contributed by atoms with Crippen LogP contribution in [0.4, 0.5) is 5.95 Å².